The van der Waals surface area contributed by atoms with Gasteiger partial charge in [-0.05, 0) is 13.8 Å². The Kier molecular flexibility index (Phi) is 9.35. The van der Waals surface area contributed by atoms with Crippen molar-refractivity contribution in [2.75, 3.05) is 13.2 Å². The van der Waals surface area contributed by atoms with E-state index in [0.29, 0.717) is 0 Å². The smallest absolute Gasteiger partial charge is 0.303 e. The average Bonchev–Trinajstić information content (AvgIpc) is 2.38. The van der Waals surface area contributed by atoms with Crippen molar-refractivity contribution in [3.05, 3.63) is 0 Å². The van der Waals surface area contributed by atoms with Gasteiger partial charge in [-0.3, -0.25) is 14.4 Å². The first-order valence-corrected chi connectivity index (χ1v) is 7.00. The molecule has 0 rings (SSSR count). The molecule has 0 heterocycles. The van der Waals surface area contributed by atoms with E-state index in [1.54, 1.807) is 13.8 Å². The summed E-state index contributed by atoms with van der Waals surface area (Å²) < 4.78 is 20.7. The third-order valence-electron chi connectivity index (χ3n) is 2.79. The first-order chi connectivity index (χ1) is 10.2. The maximum absolute atomic E-state index is 11.0. The zero-order valence-electron chi connectivity index (χ0n) is 13.7. The van der Waals surface area contributed by atoms with Gasteiger partial charge >= 0.3 is 17.9 Å². The van der Waals surface area contributed by atoms with Gasteiger partial charge in [0.05, 0.1) is 6.10 Å². The highest BCUT2D eigenvalue weighted by atomic mass is 16.6. The van der Waals surface area contributed by atoms with E-state index in [1.165, 1.54) is 20.8 Å². The summed E-state index contributed by atoms with van der Waals surface area (Å²) in [6.07, 6.45) is -2.56. The molecule has 0 aliphatic heterocycles. The van der Waals surface area contributed by atoms with Crippen LogP contribution in [0, 0.1) is 0 Å². The van der Waals surface area contributed by atoms with Crippen molar-refractivity contribution in [3.8, 4) is 0 Å². The van der Waals surface area contributed by atoms with Crippen molar-refractivity contribution in [3.63, 3.8) is 0 Å². The second kappa shape index (κ2) is 10.1. The number of esters is 3. The molecule has 0 saturated carbocycles. The Balaban J connectivity index is 4.80. The van der Waals surface area contributed by atoms with Crippen LogP contribution < -0.4 is 5.73 Å². The van der Waals surface area contributed by atoms with Gasteiger partial charge in [-0.1, -0.05) is 0 Å². The summed E-state index contributed by atoms with van der Waals surface area (Å²) in [5, 5.41) is 0. The molecular weight excluding hydrogens is 294 g/mol. The number of ether oxygens (including phenoxy) is 4. The van der Waals surface area contributed by atoms with E-state index in [-0.39, 0.29) is 13.2 Å². The van der Waals surface area contributed by atoms with Gasteiger partial charge in [-0.25, -0.2) is 0 Å². The number of rotatable bonds is 9. The quantitative estimate of drug-likeness (QED) is 0.472. The Morgan fingerprint density at radius 3 is 1.82 bits per heavy atom. The molecule has 0 aliphatic carbocycles. The second-order valence-corrected chi connectivity index (χ2v) is 4.88. The predicted octanol–water partition coefficient (Wildman–Crippen LogP) is 0.165. The molecule has 4 atom stereocenters. The van der Waals surface area contributed by atoms with Crippen molar-refractivity contribution in [2.24, 2.45) is 5.73 Å². The molecule has 22 heavy (non-hydrogen) atoms. The fraction of sp³-hybridized carbons (Fsp3) is 0.786. The minimum atomic E-state index is -0.701. The third-order valence-corrected chi connectivity index (χ3v) is 2.79. The molecule has 0 saturated heterocycles. The topological polar surface area (TPSA) is 114 Å². The Morgan fingerprint density at radius 2 is 1.41 bits per heavy atom. The molecule has 8 heteroatoms. The monoisotopic (exact) mass is 319 g/mol. The van der Waals surface area contributed by atoms with Crippen LogP contribution in [-0.4, -0.2) is 55.5 Å². The third kappa shape index (κ3) is 8.58. The maximum atomic E-state index is 11.0. The van der Waals surface area contributed by atoms with Gasteiger partial charge in [0, 0.05) is 27.3 Å². The molecule has 2 N–H and O–H groups in total. The fourth-order valence-electron chi connectivity index (χ4n) is 1.73. The molecule has 2 unspecified atom stereocenters. The lowest BCUT2D eigenvalue weighted by molar-refractivity contribution is -0.176. The lowest BCUT2D eigenvalue weighted by Gasteiger charge is -2.30. The zero-order chi connectivity index (χ0) is 17.3. The van der Waals surface area contributed by atoms with Crippen molar-refractivity contribution in [1.82, 2.24) is 0 Å². The number of hydrogen-bond donors (Lipinski definition) is 1. The van der Waals surface area contributed by atoms with Crippen LogP contribution in [0.5, 0.6) is 0 Å². The van der Waals surface area contributed by atoms with Crippen LogP contribution in [0.4, 0.5) is 0 Å². The first-order valence-electron chi connectivity index (χ1n) is 7.00. The summed E-state index contributed by atoms with van der Waals surface area (Å²) in [4.78, 5) is 33.0. The SMILES string of the molecule is CC(=O)OCC(OC(C)[C@H](CN)OC(C)=O)[C@@H](C)OC(C)=O. The largest absolute Gasteiger partial charge is 0.463 e. The maximum Gasteiger partial charge on any atom is 0.303 e. The number of carbonyl (C=O) groups is 3. The molecule has 8 nitrogen and oxygen atoms in total. The Labute approximate surface area is 130 Å². The molecule has 0 aromatic rings. The summed E-state index contributed by atoms with van der Waals surface area (Å²) in [5.74, 6) is -1.44. The van der Waals surface area contributed by atoms with Crippen molar-refractivity contribution in [1.29, 1.82) is 0 Å². The van der Waals surface area contributed by atoms with E-state index in [4.69, 9.17) is 24.7 Å². The molecule has 0 amide bonds. The van der Waals surface area contributed by atoms with Gasteiger partial charge in [0.25, 0.3) is 0 Å². The number of hydrogen-bond acceptors (Lipinski definition) is 8. The van der Waals surface area contributed by atoms with Gasteiger partial charge in [0.15, 0.2) is 0 Å². The average molecular weight is 319 g/mol. The summed E-state index contributed by atoms with van der Waals surface area (Å²) in [6, 6.07) is 0. The van der Waals surface area contributed by atoms with E-state index in [9.17, 15) is 14.4 Å². The van der Waals surface area contributed by atoms with Gasteiger partial charge in [0.1, 0.15) is 24.9 Å². The van der Waals surface area contributed by atoms with Crippen molar-refractivity contribution >= 4 is 17.9 Å². The summed E-state index contributed by atoms with van der Waals surface area (Å²) in [7, 11) is 0. The highest BCUT2D eigenvalue weighted by molar-refractivity contribution is 5.67. The lowest BCUT2D eigenvalue weighted by Crippen LogP contribution is -2.44. The first kappa shape index (κ1) is 20.3. The van der Waals surface area contributed by atoms with Crippen LogP contribution in [-0.2, 0) is 33.3 Å². The Bertz CT molecular complexity index is 385. The molecule has 128 valence electrons. The van der Waals surface area contributed by atoms with Gasteiger partial charge in [-0.15, -0.1) is 0 Å². The molecule has 0 fully saturated rings. The van der Waals surface area contributed by atoms with E-state index in [2.05, 4.69) is 0 Å². The van der Waals surface area contributed by atoms with E-state index >= 15 is 0 Å². The van der Waals surface area contributed by atoms with Crippen molar-refractivity contribution in [2.45, 2.75) is 59.0 Å². The second-order valence-electron chi connectivity index (χ2n) is 4.88. The summed E-state index contributed by atoms with van der Waals surface area (Å²) in [5.41, 5.74) is 5.55. The Morgan fingerprint density at radius 1 is 0.864 bits per heavy atom. The normalized spacial score (nSPS) is 16.1. The van der Waals surface area contributed by atoms with E-state index in [1.807, 2.05) is 0 Å². The van der Waals surface area contributed by atoms with Crippen LogP contribution in [0.1, 0.15) is 34.6 Å². The standard InChI is InChI=1S/C14H25NO7/c1-8(13(6-15)22-12(5)18)21-14(7-19-10(3)16)9(2)20-11(4)17/h8-9,13-14H,6-7,15H2,1-5H3/t8?,9-,13+,14?/m1/s1. The summed E-state index contributed by atoms with van der Waals surface area (Å²) >= 11 is 0. The summed E-state index contributed by atoms with van der Waals surface area (Å²) in [6.45, 7) is 7.07. The van der Waals surface area contributed by atoms with E-state index in [0.717, 1.165) is 0 Å². The highest BCUT2D eigenvalue weighted by Crippen LogP contribution is 2.12. The fourth-order valence-corrected chi connectivity index (χ4v) is 1.73. The van der Waals surface area contributed by atoms with Crippen molar-refractivity contribution < 1.29 is 33.3 Å². The minimum absolute atomic E-state index is 0.0724. The van der Waals surface area contributed by atoms with Crippen LogP contribution in [0.2, 0.25) is 0 Å². The highest BCUT2D eigenvalue weighted by Gasteiger charge is 2.28. The molecule has 0 aliphatic rings. The number of nitrogens with two attached hydrogens (primary N) is 1. The van der Waals surface area contributed by atoms with Gasteiger partial charge in [0.2, 0.25) is 0 Å². The zero-order valence-corrected chi connectivity index (χ0v) is 13.7. The number of carbonyl (C=O) groups excluding carboxylic acids is 3. The van der Waals surface area contributed by atoms with Crippen LogP contribution in [0.25, 0.3) is 0 Å². The van der Waals surface area contributed by atoms with Crippen LogP contribution in [0.3, 0.4) is 0 Å². The molecular formula is C14H25NO7. The minimum Gasteiger partial charge on any atom is -0.463 e. The van der Waals surface area contributed by atoms with Gasteiger partial charge < -0.3 is 24.7 Å². The molecule has 0 radical (unpaired) electrons. The predicted molar refractivity (Wildman–Crippen MR) is 76.8 cm³/mol. The van der Waals surface area contributed by atoms with Crippen LogP contribution >= 0.6 is 0 Å². The lowest BCUT2D eigenvalue weighted by atomic mass is 10.2. The molecule has 0 bridgehead atoms. The molecule has 0 aromatic carbocycles. The molecule has 0 aromatic heterocycles. The molecule has 0 spiro atoms. The van der Waals surface area contributed by atoms with E-state index < -0.39 is 42.3 Å². The van der Waals surface area contributed by atoms with Crippen LogP contribution in [0.15, 0.2) is 0 Å². The van der Waals surface area contributed by atoms with Gasteiger partial charge in [-0.2, -0.15) is 0 Å². The Hall–Kier alpha value is -1.67.